The lowest BCUT2D eigenvalue weighted by molar-refractivity contribution is -0.140. The van der Waals surface area contributed by atoms with Gasteiger partial charge in [0.1, 0.15) is 5.78 Å². The lowest BCUT2D eigenvalue weighted by Gasteiger charge is -2.32. The Labute approximate surface area is 107 Å². The third kappa shape index (κ3) is 3.78. The molecule has 0 saturated carbocycles. The number of ketones is 1. The normalized spacial score (nSPS) is 21.6. The van der Waals surface area contributed by atoms with E-state index in [2.05, 4.69) is 4.74 Å². The van der Waals surface area contributed by atoms with Gasteiger partial charge in [-0.3, -0.25) is 9.59 Å². The molecule has 104 valence electrons. The first-order chi connectivity index (χ1) is 8.38. The molecule has 1 saturated heterocycles. The summed E-state index contributed by atoms with van der Waals surface area (Å²) in [6, 6.07) is -0.627. The first-order valence-electron chi connectivity index (χ1n) is 6.04. The second-order valence-corrected chi connectivity index (χ2v) is 6.22. The van der Waals surface area contributed by atoms with Crippen molar-refractivity contribution < 1.29 is 22.7 Å². The zero-order chi connectivity index (χ0) is 13.8. The molecule has 0 amide bonds. The highest BCUT2D eigenvalue weighted by Gasteiger charge is 2.36. The molecule has 0 spiro atoms. The fourth-order valence-electron chi connectivity index (χ4n) is 2.08. The molecule has 0 aliphatic carbocycles. The number of ether oxygens (including phenoxy) is 1. The molecule has 0 aromatic carbocycles. The van der Waals surface area contributed by atoms with Gasteiger partial charge >= 0.3 is 5.97 Å². The maximum absolute atomic E-state index is 12.1. The second kappa shape index (κ2) is 6.29. The minimum Gasteiger partial charge on any atom is -0.465 e. The summed E-state index contributed by atoms with van der Waals surface area (Å²) in [5, 5.41) is 0. The number of sulfonamides is 1. The van der Waals surface area contributed by atoms with Crippen molar-refractivity contribution in [3.05, 3.63) is 0 Å². The fourth-order valence-corrected chi connectivity index (χ4v) is 3.67. The van der Waals surface area contributed by atoms with Gasteiger partial charge in [-0.05, 0) is 26.7 Å². The van der Waals surface area contributed by atoms with E-state index >= 15 is 0 Å². The summed E-state index contributed by atoms with van der Waals surface area (Å²) in [5.74, 6) is -1.64. The van der Waals surface area contributed by atoms with Gasteiger partial charge in [0, 0.05) is 6.54 Å². The van der Waals surface area contributed by atoms with Crippen molar-refractivity contribution in [1.82, 2.24) is 4.31 Å². The van der Waals surface area contributed by atoms with Crippen LogP contribution in [0.25, 0.3) is 0 Å². The van der Waals surface area contributed by atoms with Gasteiger partial charge in [-0.15, -0.1) is 0 Å². The smallest absolute Gasteiger partial charge is 0.322 e. The fraction of sp³-hybridized carbons (Fsp3) is 0.818. The summed E-state index contributed by atoms with van der Waals surface area (Å²) in [4.78, 5) is 22.7. The summed E-state index contributed by atoms with van der Waals surface area (Å²) in [5.41, 5.74) is 0. The van der Waals surface area contributed by atoms with Crippen LogP contribution in [0, 0.1) is 0 Å². The van der Waals surface area contributed by atoms with Crippen LogP contribution in [-0.2, 0) is 24.3 Å². The van der Waals surface area contributed by atoms with Crippen molar-refractivity contribution in [1.29, 1.82) is 0 Å². The van der Waals surface area contributed by atoms with Crippen LogP contribution in [0.15, 0.2) is 0 Å². The minimum atomic E-state index is -3.76. The molecule has 6 nitrogen and oxygen atoms in total. The van der Waals surface area contributed by atoms with Crippen LogP contribution in [0.1, 0.15) is 33.1 Å². The second-order valence-electron chi connectivity index (χ2n) is 4.29. The van der Waals surface area contributed by atoms with Crippen LogP contribution >= 0.6 is 0 Å². The van der Waals surface area contributed by atoms with Gasteiger partial charge in [0.25, 0.3) is 0 Å². The standard InChI is InChI=1S/C11H19NO5S/c1-3-17-11(14)8-18(15,16)12-7-5-4-6-10(12)9(2)13/h10H,3-8H2,1-2H3. The third-order valence-electron chi connectivity index (χ3n) is 2.89. The maximum atomic E-state index is 12.1. The van der Waals surface area contributed by atoms with Gasteiger partial charge in [0.15, 0.2) is 5.75 Å². The minimum absolute atomic E-state index is 0.143. The Morgan fingerprint density at radius 3 is 2.56 bits per heavy atom. The molecule has 18 heavy (non-hydrogen) atoms. The number of hydrogen-bond donors (Lipinski definition) is 0. The van der Waals surface area contributed by atoms with E-state index in [1.165, 1.54) is 6.92 Å². The van der Waals surface area contributed by atoms with E-state index in [0.29, 0.717) is 19.4 Å². The zero-order valence-corrected chi connectivity index (χ0v) is 11.5. The first kappa shape index (κ1) is 15.1. The molecule has 0 radical (unpaired) electrons. The lowest BCUT2D eigenvalue weighted by Crippen LogP contribution is -2.49. The summed E-state index contributed by atoms with van der Waals surface area (Å²) >= 11 is 0. The largest absolute Gasteiger partial charge is 0.465 e. The summed E-state index contributed by atoms with van der Waals surface area (Å²) in [6.45, 7) is 3.43. The number of rotatable bonds is 5. The molecule has 0 N–H and O–H groups in total. The topological polar surface area (TPSA) is 80.8 Å². The van der Waals surface area contributed by atoms with E-state index in [9.17, 15) is 18.0 Å². The van der Waals surface area contributed by atoms with Crippen LogP contribution in [0.3, 0.4) is 0 Å². The van der Waals surface area contributed by atoms with Crippen molar-refractivity contribution in [2.24, 2.45) is 0 Å². The van der Waals surface area contributed by atoms with Gasteiger partial charge in [0.05, 0.1) is 12.6 Å². The summed E-state index contributed by atoms with van der Waals surface area (Å²) in [6.07, 6.45) is 2.07. The molecule has 1 aliphatic rings. The predicted octanol–water partition coefficient (Wildman–Crippen LogP) is 0.323. The SMILES string of the molecule is CCOC(=O)CS(=O)(=O)N1CCCCC1C(C)=O. The zero-order valence-electron chi connectivity index (χ0n) is 10.7. The van der Waals surface area contributed by atoms with Gasteiger partial charge in [-0.1, -0.05) is 6.42 Å². The van der Waals surface area contributed by atoms with Crippen LogP contribution in [0.2, 0.25) is 0 Å². The summed E-state index contributed by atoms with van der Waals surface area (Å²) in [7, 11) is -3.76. The van der Waals surface area contributed by atoms with E-state index in [1.807, 2.05) is 0 Å². The van der Waals surface area contributed by atoms with Crippen molar-refractivity contribution >= 4 is 21.8 Å². The molecule has 1 atom stereocenters. The third-order valence-corrected chi connectivity index (χ3v) is 4.64. The Morgan fingerprint density at radius 1 is 1.33 bits per heavy atom. The van der Waals surface area contributed by atoms with Crippen LogP contribution in [0.5, 0.6) is 0 Å². The molecule has 7 heteroatoms. The predicted molar refractivity (Wildman–Crippen MR) is 65.4 cm³/mol. The van der Waals surface area contributed by atoms with E-state index in [-0.39, 0.29) is 12.4 Å². The van der Waals surface area contributed by atoms with Crippen molar-refractivity contribution in [3.8, 4) is 0 Å². The highest BCUT2D eigenvalue weighted by molar-refractivity contribution is 7.89. The molecule has 0 aromatic rings. The van der Waals surface area contributed by atoms with Crippen molar-refractivity contribution in [2.75, 3.05) is 18.9 Å². The highest BCUT2D eigenvalue weighted by atomic mass is 32.2. The van der Waals surface area contributed by atoms with Crippen LogP contribution in [0.4, 0.5) is 0 Å². The molecular weight excluding hydrogens is 258 g/mol. The molecule has 1 fully saturated rings. The van der Waals surface area contributed by atoms with Crippen LogP contribution in [-0.4, -0.2) is 49.4 Å². The average Bonchev–Trinajstić information content (AvgIpc) is 2.28. The van der Waals surface area contributed by atoms with Crippen molar-refractivity contribution in [3.63, 3.8) is 0 Å². The Morgan fingerprint density at radius 2 is 2.00 bits per heavy atom. The number of carbonyl (C=O) groups excluding carboxylic acids is 2. The van der Waals surface area contributed by atoms with E-state index in [1.54, 1.807) is 6.92 Å². The molecule has 0 aromatic heterocycles. The molecule has 0 bridgehead atoms. The number of nitrogens with zero attached hydrogens (tertiary/aromatic N) is 1. The van der Waals surface area contributed by atoms with Gasteiger partial charge < -0.3 is 4.74 Å². The Kier molecular flexibility index (Phi) is 5.28. The molecule has 1 aliphatic heterocycles. The lowest BCUT2D eigenvalue weighted by atomic mass is 10.0. The number of piperidine rings is 1. The molecule has 1 rings (SSSR count). The highest BCUT2D eigenvalue weighted by Crippen LogP contribution is 2.21. The first-order valence-corrected chi connectivity index (χ1v) is 7.65. The van der Waals surface area contributed by atoms with E-state index < -0.39 is 27.8 Å². The monoisotopic (exact) mass is 277 g/mol. The van der Waals surface area contributed by atoms with Gasteiger partial charge in [0.2, 0.25) is 10.0 Å². The van der Waals surface area contributed by atoms with Crippen LogP contribution < -0.4 is 0 Å². The maximum Gasteiger partial charge on any atom is 0.322 e. The van der Waals surface area contributed by atoms with Gasteiger partial charge in [-0.25, -0.2) is 8.42 Å². The number of carbonyl (C=O) groups is 2. The Balaban J connectivity index is 2.81. The van der Waals surface area contributed by atoms with E-state index in [0.717, 1.165) is 10.7 Å². The summed E-state index contributed by atoms with van der Waals surface area (Å²) < 4.78 is 29.9. The van der Waals surface area contributed by atoms with Gasteiger partial charge in [-0.2, -0.15) is 4.31 Å². The molecule has 1 heterocycles. The molecule has 1 unspecified atom stereocenters. The number of hydrogen-bond acceptors (Lipinski definition) is 5. The Hall–Kier alpha value is -0.950. The number of Topliss-reactive ketones (excluding diaryl/α,β-unsaturated/α-hetero) is 1. The van der Waals surface area contributed by atoms with E-state index in [4.69, 9.17) is 0 Å². The average molecular weight is 277 g/mol. The quantitative estimate of drug-likeness (QED) is 0.676. The number of esters is 1. The van der Waals surface area contributed by atoms with Crippen molar-refractivity contribution in [2.45, 2.75) is 39.2 Å². The Bertz CT molecular complexity index is 417. The molecular formula is C11H19NO5S.